The molecule has 1 N–H and O–H groups in total. The molecule has 1 aromatic heterocycles. The first-order chi connectivity index (χ1) is 12.3. The van der Waals surface area contributed by atoms with Gasteiger partial charge >= 0.3 is 5.97 Å². The average molecular weight is 378 g/mol. The van der Waals surface area contributed by atoms with Crippen LogP contribution in [-0.2, 0) is 9.53 Å². The molecule has 26 heavy (non-hydrogen) atoms. The fourth-order valence-corrected chi connectivity index (χ4v) is 2.28. The fraction of sp³-hybridized carbons (Fsp3) is 0.333. The van der Waals surface area contributed by atoms with Crippen LogP contribution in [0.25, 0.3) is 5.69 Å². The second kappa shape index (κ2) is 8.62. The number of halogens is 1. The zero-order valence-corrected chi connectivity index (χ0v) is 15.5. The topological polar surface area (TPSA) is 90.3 Å². The quantitative estimate of drug-likeness (QED) is 0.780. The van der Waals surface area contributed by atoms with Gasteiger partial charge in [0.1, 0.15) is 0 Å². The molecule has 0 bridgehead atoms. The zero-order chi connectivity index (χ0) is 19.3. The number of ether oxygens (including phenoxy) is 1. The second-order valence-corrected chi connectivity index (χ2v) is 6.28. The number of benzene rings is 1. The predicted octanol–water partition coefficient (Wildman–Crippen LogP) is 2.27. The molecule has 1 heterocycles. The number of nitrogens with zero attached hydrogens (tertiary/aromatic N) is 2. The van der Waals surface area contributed by atoms with Crippen LogP contribution in [-0.4, -0.2) is 34.3 Å². The number of nitrogens with one attached hydrogen (secondary N) is 1. The van der Waals surface area contributed by atoms with E-state index in [9.17, 15) is 14.4 Å². The van der Waals surface area contributed by atoms with Gasteiger partial charge in [-0.05, 0) is 44.5 Å². The summed E-state index contributed by atoms with van der Waals surface area (Å²) < 4.78 is 6.36. The highest BCUT2D eigenvalue weighted by Crippen LogP contribution is 2.13. The Balaban J connectivity index is 2.19. The van der Waals surface area contributed by atoms with Crippen molar-refractivity contribution in [2.24, 2.45) is 0 Å². The molecule has 0 aliphatic carbocycles. The van der Waals surface area contributed by atoms with Crippen LogP contribution in [0.3, 0.4) is 0 Å². The maximum atomic E-state index is 12.2. The first kappa shape index (κ1) is 19.7. The maximum absolute atomic E-state index is 12.2. The summed E-state index contributed by atoms with van der Waals surface area (Å²) in [6.07, 6.45) is 0.755. The zero-order valence-electron chi connectivity index (χ0n) is 14.8. The first-order valence-electron chi connectivity index (χ1n) is 8.15. The maximum Gasteiger partial charge on any atom is 0.363 e. The fourth-order valence-electron chi connectivity index (χ4n) is 2.15. The van der Waals surface area contributed by atoms with Gasteiger partial charge in [-0.3, -0.25) is 9.59 Å². The van der Waals surface area contributed by atoms with Crippen LogP contribution < -0.4 is 10.7 Å². The van der Waals surface area contributed by atoms with Crippen LogP contribution in [0, 0.1) is 6.92 Å². The van der Waals surface area contributed by atoms with Gasteiger partial charge in [-0.15, -0.1) is 0 Å². The van der Waals surface area contributed by atoms with E-state index in [1.165, 1.54) is 10.7 Å². The minimum atomic E-state index is -0.947. The Morgan fingerprint density at radius 1 is 1.31 bits per heavy atom. The molecule has 1 aromatic carbocycles. The van der Waals surface area contributed by atoms with Crippen molar-refractivity contribution < 1.29 is 14.3 Å². The molecule has 2 aromatic rings. The van der Waals surface area contributed by atoms with Gasteiger partial charge < -0.3 is 10.1 Å². The molecule has 0 aliphatic heterocycles. The van der Waals surface area contributed by atoms with Crippen molar-refractivity contribution in [2.45, 2.75) is 33.2 Å². The lowest BCUT2D eigenvalue weighted by Gasteiger charge is -2.12. The summed E-state index contributed by atoms with van der Waals surface area (Å²) in [5.74, 6) is -1.38. The van der Waals surface area contributed by atoms with E-state index in [1.807, 2.05) is 13.8 Å². The molecule has 138 valence electrons. The molecule has 0 radical (unpaired) electrons. The second-order valence-electron chi connectivity index (χ2n) is 5.84. The van der Waals surface area contributed by atoms with Gasteiger partial charge in [0.2, 0.25) is 11.1 Å². The SMILES string of the molecule is CC[C@H](C)NC(=O)COC(=O)c1nn(-c2ccc(Cl)cc2)c(C)cc1=O. The van der Waals surface area contributed by atoms with E-state index in [1.54, 1.807) is 31.2 Å². The molecule has 7 nitrogen and oxygen atoms in total. The summed E-state index contributed by atoms with van der Waals surface area (Å²) in [5, 5.41) is 7.31. The van der Waals surface area contributed by atoms with Crippen molar-refractivity contribution in [1.29, 1.82) is 0 Å². The summed E-state index contributed by atoms with van der Waals surface area (Å²) in [5.41, 5.74) is 0.223. The van der Waals surface area contributed by atoms with Gasteiger partial charge in [-0.25, -0.2) is 9.48 Å². The lowest BCUT2D eigenvalue weighted by atomic mass is 10.2. The molecular weight excluding hydrogens is 358 g/mol. The predicted molar refractivity (Wildman–Crippen MR) is 97.8 cm³/mol. The van der Waals surface area contributed by atoms with Crippen LogP contribution >= 0.6 is 11.6 Å². The lowest BCUT2D eigenvalue weighted by molar-refractivity contribution is -0.124. The number of amides is 1. The molecule has 0 unspecified atom stereocenters. The van der Waals surface area contributed by atoms with Gasteiger partial charge in [-0.2, -0.15) is 5.10 Å². The van der Waals surface area contributed by atoms with E-state index >= 15 is 0 Å². The van der Waals surface area contributed by atoms with Crippen molar-refractivity contribution in [1.82, 2.24) is 15.1 Å². The molecule has 0 saturated heterocycles. The van der Waals surface area contributed by atoms with Crippen molar-refractivity contribution >= 4 is 23.5 Å². The number of aryl methyl sites for hydroxylation is 1. The molecule has 1 amide bonds. The van der Waals surface area contributed by atoms with Crippen LogP contribution in [0.15, 0.2) is 35.1 Å². The monoisotopic (exact) mass is 377 g/mol. The van der Waals surface area contributed by atoms with Crippen molar-refractivity contribution in [2.75, 3.05) is 6.61 Å². The number of esters is 1. The summed E-state index contributed by atoms with van der Waals surface area (Å²) in [7, 11) is 0. The van der Waals surface area contributed by atoms with Gasteiger partial charge in [-0.1, -0.05) is 18.5 Å². The van der Waals surface area contributed by atoms with Crippen molar-refractivity contribution in [3.05, 3.63) is 57.0 Å². The largest absolute Gasteiger partial charge is 0.451 e. The summed E-state index contributed by atoms with van der Waals surface area (Å²) in [4.78, 5) is 36.0. The Labute approximate surface area is 155 Å². The molecule has 8 heteroatoms. The first-order valence-corrected chi connectivity index (χ1v) is 8.53. The minimum Gasteiger partial charge on any atom is -0.451 e. The average Bonchev–Trinajstić information content (AvgIpc) is 2.60. The number of carbonyl (C=O) groups is 2. The smallest absolute Gasteiger partial charge is 0.363 e. The van der Waals surface area contributed by atoms with Crippen LogP contribution in [0.1, 0.15) is 36.5 Å². The van der Waals surface area contributed by atoms with E-state index in [4.69, 9.17) is 16.3 Å². The highest BCUT2D eigenvalue weighted by Gasteiger charge is 2.18. The van der Waals surface area contributed by atoms with Gasteiger partial charge in [0, 0.05) is 22.8 Å². The number of hydrogen-bond donors (Lipinski definition) is 1. The van der Waals surface area contributed by atoms with E-state index in [-0.39, 0.29) is 11.7 Å². The van der Waals surface area contributed by atoms with E-state index in [2.05, 4.69) is 10.4 Å². The number of rotatable bonds is 6. The molecule has 0 saturated carbocycles. The molecule has 2 rings (SSSR count). The third-order valence-electron chi connectivity index (χ3n) is 3.73. The van der Waals surface area contributed by atoms with Gasteiger partial charge in [0.15, 0.2) is 6.61 Å². The molecule has 0 aliphatic rings. The Morgan fingerprint density at radius 2 is 1.96 bits per heavy atom. The molecular formula is C18H20ClN3O4. The van der Waals surface area contributed by atoms with Crippen LogP contribution in [0.2, 0.25) is 5.02 Å². The van der Waals surface area contributed by atoms with Crippen LogP contribution in [0.4, 0.5) is 0 Å². The van der Waals surface area contributed by atoms with E-state index < -0.39 is 23.9 Å². The minimum absolute atomic E-state index is 0.0270. The van der Waals surface area contributed by atoms with Crippen LogP contribution in [0.5, 0.6) is 0 Å². The Kier molecular flexibility index (Phi) is 6.52. The Bertz CT molecular complexity index is 862. The third-order valence-corrected chi connectivity index (χ3v) is 3.98. The highest BCUT2D eigenvalue weighted by atomic mass is 35.5. The van der Waals surface area contributed by atoms with E-state index in [0.29, 0.717) is 16.4 Å². The van der Waals surface area contributed by atoms with Crippen molar-refractivity contribution in [3.8, 4) is 5.69 Å². The summed E-state index contributed by atoms with van der Waals surface area (Å²) in [6.45, 7) is 4.98. The molecule has 0 fully saturated rings. The summed E-state index contributed by atoms with van der Waals surface area (Å²) >= 11 is 5.87. The highest BCUT2D eigenvalue weighted by molar-refractivity contribution is 6.30. The number of carbonyl (C=O) groups excluding carboxylic acids is 2. The Hall–Kier alpha value is -2.67. The van der Waals surface area contributed by atoms with E-state index in [0.717, 1.165) is 6.42 Å². The van der Waals surface area contributed by atoms with Crippen molar-refractivity contribution in [3.63, 3.8) is 0 Å². The third kappa shape index (κ3) is 4.92. The normalized spacial score (nSPS) is 11.7. The van der Waals surface area contributed by atoms with Gasteiger partial charge in [0.05, 0.1) is 5.69 Å². The lowest BCUT2D eigenvalue weighted by Crippen LogP contribution is -2.36. The Morgan fingerprint density at radius 3 is 2.58 bits per heavy atom. The molecule has 0 spiro atoms. The number of aromatic nitrogens is 2. The number of hydrogen-bond acceptors (Lipinski definition) is 5. The molecule has 1 atom stereocenters. The summed E-state index contributed by atoms with van der Waals surface area (Å²) in [6, 6.07) is 8.03. The van der Waals surface area contributed by atoms with Gasteiger partial charge in [0.25, 0.3) is 5.91 Å². The standard InChI is InChI=1S/C18H20ClN3O4/c1-4-11(2)20-16(24)10-26-18(25)17-15(23)9-12(3)22(21-17)14-7-5-13(19)6-8-14/h5-9,11H,4,10H2,1-3H3,(H,20,24)/t11-/m0/s1.